The average Bonchev–Trinajstić information content (AvgIpc) is 3.52. The van der Waals surface area contributed by atoms with Gasteiger partial charge < -0.3 is 93.7 Å². The topological polar surface area (TPSA) is 337 Å². The Morgan fingerprint density at radius 2 is 1.30 bits per heavy atom. The van der Waals surface area contributed by atoms with Crippen LogP contribution in [-0.2, 0) is 57.0 Å². The van der Waals surface area contributed by atoms with E-state index in [0.717, 1.165) is 12.7 Å². The highest BCUT2D eigenvalue weighted by Gasteiger charge is 2.74. The summed E-state index contributed by atoms with van der Waals surface area (Å²) >= 11 is 0. The fourth-order valence-corrected chi connectivity index (χ4v) is 16.2. The highest BCUT2D eigenvalue weighted by Crippen LogP contribution is 2.76. The van der Waals surface area contributed by atoms with E-state index in [1.54, 1.807) is 39.8 Å². The number of ether oxygens (including phenoxy) is 9. The molecule has 0 aromatic carbocycles. The van der Waals surface area contributed by atoms with E-state index in [0.29, 0.717) is 49.7 Å². The Morgan fingerprint density at radius 1 is 0.688 bits per heavy atom. The zero-order valence-electron chi connectivity index (χ0n) is 48.3. The summed E-state index contributed by atoms with van der Waals surface area (Å²) in [5, 5.41) is 111. The lowest BCUT2D eigenvalue weighted by Crippen LogP contribution is -2.72. The fourth-order valence-electron chi connectivity index (χ4n) is 16.2. The molecule has 7 fully saturated rings. The van der Waals surface area contributed by atoms with Crippen LogP contribution < -0.4 is 0 Å². The molecule has 3 heterocycles. The standard InChI is InChI=1S/C58H90O22/c1-13-26(3)47(69)79-45-46(80-48(70)27(4)14-2)58(25-60)29(21-53(45,5)6)28-15-16-33-55(9)19-18-35(54(7,8)32(55)17-20-56(33,10)57(28,11)22-34(58)62)75-52-44(78-51-40(67)38(65)37(64)31(23-59)74-51)42(41(68)43(77-52)49(71)72-12)76-50-39(66)36(63)30(61)24-73-50/h13-15,29-46,50-52,59-68H,16-25H2,1-12H3/b26-13-,27-14-/t29-,30+,31+,32-,33+,34+,35-,36-,37-,38-,39+,40+,41-,42-,43-,44+,45-,46-,50-,51-,52+,55-,56+,57+,58-/m0/s1. The normalized spacial score (nSPS) is 48.2. The molecule has 80 heavy (non-hydrogen) atoms. The second kappa shape index (κ2) is 23.1. The summed E-state index contributed by atoms with van der Waals surface area (Å²) in [5.74, 6) is -2.76. The lowest BCUT2D eigenvalue weighted by Gasteiger charge is -2.72. The maximum Gasteiger partial charge on any atom is 0.337 e. The van der Waals surface area contributed by atoms with Crippen molar-refractivity contribution in [3.63, 3.8) is 0 Å². The average molecular weight is 1140 g/mol. The number of aliphatic hydroxyl groups is 10. The number of esters is 3. The predicted octanol–water partition coefficient (Wildman–Crippen LogP) is 1.38. The number of hydrogen-bond acceptors (Lipinski definition) is 22. The van der Waals surface area contributed by atoms with Gasteiger partial charge in [0.05, 0.1) is 44.6 Å². The molecular formula is C58H90O22. The molecule has 0 aromatic rings. The van der Waals surface area contributed by atoms with Crippen molar-refractivity contribution in [2.75, 3.05) is 26.9 Å². The Kier molecular flexibility index (Phi) is 18.2. The molecule has 8 aliphatic rings. The molecule has 10 N–H and O–H groups in total. The minimum absolute atomic E-state index is 0.0391. The minimum Gasteiger partial charge on any atom is -0.467 e. The van der Waals surface area contributed by atoms with Crippen molar-refractivity contribution in [3.8, 4) is 0 Å². The first-order chi connectivity index (χ1) is 37.4. The summed E-state index contributed by atoms with van der Waals surface area (Å²) in [6.07, 6.45) is -19.6. The summed E-state index contributed by atoms with van der Waals surface area (Å²) in [4.78, 5) is 40.9. The van der Waals surface area contributed by atoms with Crippen LogP contribution in [0.5, 0.6) is 0 Å². The highest BCUT2D eigenvalue weighted by molar-refractivity contribution is 5.89. The summed E-state index contributed by atoms with van der Waals surface area (Å²) < 4.78 is 54.8. The number of hydrogen-bond donors (Lipinski definition) is 10. The first kappa shape index (κ1) is 63.0. The third-order valence-corrected chi connectivity index (χ3v) is 21.4. The third kappa shape index (κ3) is 10.2. The van der Waals surface area contributed by atoms with Gasteiger partial charge in [0.1, 0.15) is 67.1 Å². The lowest BCUT2D eigenvalue weighted by atomic mass is 9.33. The first-order valence-electron chi connectivity index (χ1n) is 28.4. The van der Waals surface area contributed by atoms with Crippen LogP contribution in [0, 0.1) is 50.2 Å². The van der Waals surface area contributed by atoms with Gasteiger partial charge in [-0.2, -0.15) is 0 Å². The Hall–Kier alpha value is -3.01. The quantitative estimate of drug-likeness (QED) is 0.0409. The van der Waals surface area contributed by atoms with Crippen molar-refractivity contribution in [3.05, 3.63) is 34.9 Å². The van der Waals surface area contributed by atoms with E-state index in [1.165, 1.54) is 0 Å². The number of carbonyl (C=O) groups is 3. The number of allylic oxidation sites excluding steroid dienone is 4. The molecule has 3 aliphatic heterocycles. The van der Waals surface area contributed by atoms with Gasteiger partial charge in [-0.1, -0.05) is 72.3 Å². The molecule has 0 unspecified atom stereocenters. The molecule has 8 rings (SSSR count). The molecule has 0 amide bonds. The van der Waals surface area contributed by atoms with Crippen LogP contribution in [-0.4, -0.2) is 206 Å². The number of methoxy groups -OCH3 is 1. The first-order valence-corrected chi connectivity index (χ1v) is 28.4. The van der Waals surface area contributed by atoms with Crippen LogP contribution in [0.1, 0.15) is 121 Å². The van der Waals surface area contributed by atoms with Gasteiger partial charge in [-0.25, -0.2) is 14.4 Å². The van der Waals surface area contributed by atoms with Crippen LogP contribution >= 0.6 is 0 Å². The van der Waals surface area contributed by atoms with Crippen LogP contribution in [0.3, 0.4) is 0 Å². The smallest absolute Gasteiger partial charge is 0.337 e. The number of carbonyl (C=O) groups excluding carboxylic acids is 3. The molecular weight excluding hydrogens is 1050 g/mol. The Balaban J connectivity index is 1.13. The molecule has 22 heteroatoms. The maximum absolute atomic E-state index is 13.8. The maximum atomic E-state index is 13.8. The minimum atomic E-state index is -1.98. The van der Waals surface area contributed by atoms with E-state index in [1.807, 2.05) is 13.8 Å². The summed E-state index contributed by atoms with van der Waals surface area (Å²) in [5.41, 5.74) is -2.60. The van der Waals surface area contributed by atoms with Gasteiger partial charge >= 0.3 is 17.9 Å². The molecule has 0 aromatic heterocycles. The van der Waals surface area contributed by atoms with Crippen molar-refractivity contribution in [1.29, 1.82) is 0 Å². The Morgan fingerprint density at radius 3 is 1.90 bits per heavy atom. The second-order valence-corrected chi connectivity index (χ2v) is 26.2. The van der Waals surface area contributed by atoms with Crippen molar-refractivity contribution < 1.29 is 108 Å². The largest absolute Gasteiger partial charge is 0.467 e. The van der Waals surface area contributed by atoms with Crippen LogP contribution in [0.25, 0.3) is 0 Å². The molecule has 0 radical (unpaired) electrons. The monoisotopic (exact) mass is 1140 g/mol. The van der Waals surface area contributed by atoms with Gasteiger partial charge in [0.25, 0.3) is 0 Å². The Bertz CT molecular complexity index is 2370. The van der Waals surface area contributed by atoms with Crippen molar-refractivity contribution in [2.45, 2.75) is 232 Å². The number of fused-ring (bicyclic) bond motifs is 7. The summed E-state index contributed by atoms with van der Waals surface area (Å²) in [7, 11) is 1.08. The van der Waals surface area contributed by atoms with Crippen LogP contribution in [0.2, 0.25) is 0 Å². The zero-order chi connectivity index (χ0) is 59.1. The van der Waals surface area contributed by atoms with Gasteiger partial charge in [-0.05, 0) is 112 Å². The van der Waals surface area contributed by atoms with Gasteiger partial charge in [0.2, 0.25) is 0 Å². The summed E-state index contributed by atoms with van der Waals surface area (Å²) in [6, 6.07) is 0. The predicted molar refractivity (Wildman–Crippen MR) is 280 cm³/mol. The number of aliphatic hydroxyl groups excluding tert-OH is 10. The van der Waals surface area contributed by atoms with E-state index in [-0.39, 0.29) is 23.7 Å². The van der Waals surface area contributed by atoms with E-state index in [9.17, 15) is 65.4 Å². The van der Waals surface area contributed by atoms with Gasteiger partial charge in [0.15, 0.2) is 31.1 Å². The van der Waals surface area contributed by atoms with Crippen LogP contribution in [0.4, 0.5) is 0 Å². The van der Waals surface area contributed by atoms with Crippen molar-refractivity contribution >= 4 is 17.9 Å². The lowest BCUT2D eigenvalue weighted by molar-refractivity contribution is -0.392. The molecule has 25 atom stereocenters. The van der Waals surface area contributed by atoms with Crippen LogP contribution in [0.15, 0.2) is 34.9 Å². The van der Waals surface area contributed by atoms with E-state index in [2.05, 4.69) is 40.7 Å². The summed E-state index contributed by atoms with van der Waals surface area (Å²) in [6.45, 7) is 19.8. The molecule has 0 spiro atoms. The Labute approximate surface area is 468 Å². The second-order valence-electron chi connectivity index (χ2n) is 26.2. The zero-order valence-corrected chi connectivity index (χ0v) is 48.3. The molecule has 0 bridgehead atoms. The third-order valence-electron chi connectivity index (χ3n) is 21.4. The molecule has 3 saturated heterocycles. The SMILES string of the molecule is C/C=C(/C)C(=O)O[C@H]1[C@H](OC(=O)/C(C)=C\C)[C@]2(CO)[C@H](O)C[C@]3(C)C(=CC[C@@H]4[C@@]5(C)CC[C@H](O[C@@H]6O[C@H](C(=O)OC)[C@@H](O)[C@H](O[C@@H]7OC[C@@H](O)[C@H](O)[C@H]7O)[C@H]6O[C@@H]6O[C@H](CO)[C@H](O)[C@H](O)[C@H]6O)C(C)(C)[C@@H]5CC[C@]43C)[C@@H]2CC1(C)C. The highest BCUT2D eigenvalue weighted by atomic mass is 16.8. The molecule has 22 nitrogen and oxygen atoms in total. The molecule has 4 saturated carbocycles. The van der Waals surface area contributed by atoms with Crippen molar-refractivity contribution in [1.82, 2.24) is 0 Å². The van der Waals surface area contributed by atoms with E-state index in [4.69, 9.17) is 42.6 Å². The fraction of sp³-hybridized carbons (Fsp3) is 0.845. The van der Waals surface area contributed by atoms with Gasteiger partial charge in [0, 0.05) is 16.6 Å². The van der Waals surface area contributed by atoms with E-state index < -0.39 is 181 Å². The molecule has 454 valence electrons. The number of rotatable bonds is 13. The molecule has 5 aliphatic carbocycles. The van der Waals surface area contributed by atoms with Gasteiger partial charge in [-0.3, -0.25) is 0 Å². The van der Waals surface area contributed by atoms with E-state index >= 15 is 0 Å². The van der Waals surface area contributed by atoms with Gasteiger partial charge in [-0.15, -0.1) is 0 Å². The van der Waals surface area contributed by atoms with Crippen molar-refractivity contribution in [2.24, 2.45) is 50.2 Å².